The molecule has 0 spiro atoms. The molecule has 1 rings (SSSR count). The van der Waals surface area contributed by atoms with Crippen LogP contribution < -0.4 is 9.47 Å². The van der Waals surface area contributed by atoms with E-state index in [1.165, 1.54) is 12.8 Å². The van der Waals surface area contributed by atoms with Gasteiger partial charge >= 0.3 is 0 Å². The van der Waals surface area contributed by atoms with E-state index in [1.54, 1.807) is 7.11 Å². The highest BCUT2D eigenvalue weighted by Crippen LogP contribution is 2.25. The summed E-state index contributed by atoms with van der Waals surface area (Å²) in [5, 5.41) is 0. The zero-order valence-corrected chi connectivity index (χ0v) is 10.7. The van der Waals surface area contributed by atoms with Crippen molar-refractivity contribution in [3.8, 4) is 23.3 Å². The first-order valence-corrected chi connectivity index (χ1v) is 6.10. The third-order valence-electron chi connectivity index (χ3n) is 2.33. The van der Waals surface area contributed by atoms with Crippen molar-refractivity contribution in [1.82, 2.24) is 0 Å². The predicted molar refractivity (Wildman–Crippen MR) is 70.4 cm³/mol. The Bertz CT molecular complexity index is 374. The van der Waals surface area contributed by atoms with Crippen LogP contribution in [0.3, 0.4) is 0 Å². The molecule has 1 aromatic carbocycles. The molecule has 0 aromatic heterocycles. The fourth-order valence-electron chi connectivity index (χ4n) is 1.39. The highest BCUT2D eigenvalue weighted by molar-refractivity contribution is 5.39. The van der Waals surface area contributed by atoms with Gasteiger partial charge in [-0.3, -0.25) is 0 Å². The van der Waals surface area contributed by atoms with E-state index in [1.807, 2.05) is 24.3 Å². The van der Waals surface area contributed by atoms with Crippen LogP contribution in [-0.2, 0) is 0 Å². The Morgan fingerprint density at radius 1 is 1.06 bits per heavy atom. The van der Waals surface area contributed by atoms with Crippen molar-refractivity contribution in [2.24, 2.45) is 0 Å². The zero-order chi connectivity index (χ0) is 12.3. The standard InChI is InChI=1S/C15H20O2/c1-3-4-5-6-7-10-13-17-15-12-9-8-11-14(15)16-2/h8-9,11-12H,3-5,10,13H2,1-2H3. The third-order valence-corrected chi connectivity index (χ3v) is 2.33. The maximum atomic E-state index is 5.61. The van der Waals surface area contributed by atoms with E-state index >= 15 is 0 Å². The highest BCUT2D eigenvalue weighted by atomic mass is 16.5. The van der Waals surface area contributed by atoms with E-state index in [0.29, 0.717) is 6.61 Å². The van der Waals surface area contributed by atoms with Gasteiger partial charge in [-0.1, -0.05) is 31.4 Å². The maximum Gasteiger partial charge on any atom is 0.161 e. The Morgan fingerprint density at radius 2 is 1.76 bits per heavy atom. The van der Waals surface area contributed by atoms with Crippen molar-refractivity contribution in [2.45, 2.75) is 32.6 Å². The summed E-state index contributed by atoms with van der Waals surface area (Å²) in [5.74, 6) is 7.80. The van der Waals surface area contributed by atoms with Gasteiger partial charge in [0.05, 0.1) is 13.7 Å². The molecule has 1 aromatic rings. The summed E-state index contributed by atoms with van der Waals surface area (Å²) in [6.07, 6.45) is 4.14. The van der Waals surface area contributed by atoms with Gasteiger partial charge in [0.2, 0.25) is 0 Å². The summed E-state index contributed by atoms with van der Waals surface area (Å²) in [4.78, 5) is 0. The smallest absolute Gasteiger partial charge is 0.161 e. The van der Waals surface area contributed by atoms with Gasteiger partial charge in [0.25, 0.3) is 0 Å². The minimum absolute atomic E-state index is 0.611. The average molecular weight is 232 g/mol. The van der Waals surface area contributed by atoms with Crippen LogP contribution in [0.25, 0.3) is 0 Å². The van der Waals surface area contributed by atoms with Crippen molar-refractivity contribution in [3.05, 3.63) is 24.3 Å². The molecule has 0 unspecified atom stereocenters. The first kappa shape index (κ1) is 13.4. The molecule has 0 radical (unpaired) electrons. The lowest BCUT2D eigenvalue weighted by Crippen LogP contribution is -1.97. The van der Waals surface area contributed by atoms with Gasteiger partial charge in [0.15, 0.2) is 11.5 Å². The molecule has 0 saturated heterocycles. The van der Waals surface area contributed by atoms with Crippen molar-refractivity contribution < 1.29 is 9.47 Å². The third kappa shape index (κ3) is 5.31. The van der Waals surface area contributed by atoms with E-state index in [4.69, 9.17) is 9.47 Å². The molecule has 0 aliphatic carbocycles. The Balaban J connectivity index is 2.27. The van der Waals surface area contributed by atoms with Crippen LogP contribution in [-0.4, -0.2) is 13.7 Å². The minimum Gasteiger partial charge on any atom is -0.493 e. The predicted octanol–water partition coefficient (Wildman–Crippen LogP) is 3.66. The molecule has 2 heteroatoms. The molecule has 92 valence electrons. The van der Waals surface area contributed by atoms with Crippen LogP contribution in [0.5, 0.6) is 11.5 Å². The summed E-state index contributed by atoms with van der Waals surface area (Å²) < 4.78 is 10.8. The number of rotatable bonds is 6. The Kier molecular flexibility index (Phi) is 6.74. The highest BCUT2D eigenvalue weighted by Gasteiger charge is 2.00. The van der Waals surface area contributed by atoms with Crippen LogP contribution >= 0.6 is 0 Å². The fourth-order valence-corrected chi connectivity index (χ4v) is 1.39. The zero-order valence-electron chi connectivity index (χ0n) is 10.7. The average Bonchev–Trinajstić information content (AvgIpc) is 2.38. The Morgan fingerprint density at radius 3 is 2.47 bits per heavy atom. The van der Waals surface area contributed by atoms with Crippen molar-refractivity contribution in [3.63, 3.8) is 0 Å². The normalized spacial score (nSPS) is 9.29. The largest absolute Gasteiger partial charge is 0.493 e. The van der Waals surface area contributed by atoms with Gasteiger partial charge in [-0.05, 0) is 18.6 Å². The second-order valence-corrected chi connectivity index (χ2v) is 3.71. The number of hydrogen-bond donors (Lipinski definition) is 0. The molecular weight excluding hydrogens is 212 g/mol. The summed E-state index contributed by atoms with van der Waals surface area (Å²) >= 11 is 0. The summed E-state index contributed by atoms with van der Waals surface area (Å²) in [7, 11) is 1.65. The van der Waals surface area contributed by atoms with Crippen LogP contribution in [0.4, 0.5) is 0 Å². The molecule has 0 amide bonds. The van der Waals surface area contributed by atoms with Gasteiger partial charge in [-0.25, -0.2) is 0 Å². The lowest BCUT2D eigenvalue weighted by Gasteiger charge is -2.08. The number of unbranched alkanes of at least 4 members (excludes halogenated alkanes) is 2. The molecule has 0 aliphatic heterocycles. The summed E-state index contributed by atoms with van der Waals surface area (Å²) in [6.45, 7) is 2.78. The van der Waals surface area contributed by atoms with Crippen molar-refractivity contribution in [2.75, 3.05) is 13.7 Å². The fraction of sp³-hybridized carbons (Fsp3) is 0.467. The first-order valence-electron chi connectivity index (χ1n) is 6.10. The number of methoxy groups -OCH3 is 1. The van der Waals surface area contributed by atoms with Gasteiger partial charge in [0, 0.05) is 12.8 Å². The monoisotopic (exact) mass is 232 g/mol. The Hall–Kier alpha value is -1.62. The SMILES string of the molecule is CCCCC#CCCOc1ccccc1OC. The van der Waals surface area contributed by atoms with E-state index < -0.39 is 0 Å². The second kappa shape index (κ2) is 8.52. The maximum absolute atomic E-state index is 5.61. The molecule has 0 heterocycles. The topological polar surface area (TPSA) is 18.5 Å². The Labute approximate surface area is 104 Å². The van der Waals surface area contributed by atoms with Gasteiger partial charge in [0.1, 0.15) is 0 Å². The summed E-state index contributed by atoms with van der Waals surface area (Å²) in [6, 6.07) is 7.66. The lowest BCUT2D eigenvalue weighted by atomic mass is 10.2. The molecule has 0 bridgehead atoms. The molecule has 17 heavy (non-hydrogen) atoms. The quantitative estimate of drug-likeness (QED) is 0.550. The first-order chi connectivity index (χ1) is 8.38. The van der Waals surface area contributed by atoms with Gasteiger partial charge in [-0.2, -0.15) is 0 Å². The molecule has 0 aliphatic rings. The van der Waals surface area contributed by atoms with E-state index in [9.17, 15) is 0 Å². The van der Waals surface area contributed by atoms with E-state index in [2.05, 4.69) is 18.8 Å². The molecule has 2 nitrogen and oxygen atoms in total. The lowest BCUT2D eigenvalue weighted by molar-refractivity contribution is 0.301. The van der Waals surface area contributed by atoms with E-state index in [-0.39, 0.29) is 0 Å². The van der Waals surface area contributed by atoms with Crippen LogP contribution in [0, 0.1) is 11.8 Å². The number of hydrogen-bond acceptors (Lipinski definition) is 2. The molecule has 0 saturated carbocycles. The number of para-hydroxylation sites is 2. The summed E-state index contributed by atoms with van der Waals surface area (Å²) in [5.41, 5.74) is 0. The second-order valence-electron chi connectivity index (χ2n) is 3.71. The van der Waals surface area contributed by atoms with Crippen LogP contribution in [0.2, 0.25) is 0 Å². The number of benzene rings is 1. The molecule has 0 N–H and O–H groups in total. The van der Waals surface area contributed by atoms with Gasteiger partial charge in [-0.15, -0.1) is 5.92 Å². The van der Waals surface area contributed by atoms with Crippen LogP contribution in [0.15, 0.2) is 24.3 Å². The minimum atomic E-state index is 0.611. The van der Waals surface area contributed by atoms with Crippen molar-refractivity contribution >= 4 is 0 Å². The molecular formula is C15H20O2. The van der Waals surface area contributed by atoms with Crippen molar-refractivity contribution in [1.29, 1.82) is 0 Å². The molecule has 0 atom stereocenters. The van der Waals surface area contributed by atoms with Gasteiger partial charge < -0.3 is 9.47 Å². The number of ether oxygens (including phenoxy) is 2. The van der Waals surface area contributed by atoms with Crippen LogP contribution in [0.1, 0.15) is 32.6 Å². The van der Waals surface area contributed by atoms with E-state index in [0.717, 1.165) is 24.3 Å². The molecule has 0 fully saturated rings.